The van der Waals surface area contributed by atoms with Crippen molar-refractivity contribution in [2.75, 3.05) is 7.11 Å². The third-order valence-electron chi connectivity index (χ3n) is 3.90. The maximum atomic E-state index is 12.8. The van der Waals surface area contributed by atoms with Crippen LogP contribution in [0, 0.1) is 0 Å². The van der Waals surface area contributed by atoms with Gasteiger partial charge in [0.1, 0.15) is 5.65 Å². The summed E-state index contributed by atoms with van der Waals surface area (Å²) in [5, 5.41) is 10.3. The summed E-state index contributed by atoms with van der Waals surface area (Å²) in [5.41, 5.74) is 0.743. The fraction of sp³-hybridized carbons (Fsp3) is 0.167. The summed E-state index contributed by atoms with van der Waals surface area (Å²) in [4.78, 5) is 28.7. The lowest BCUT2D eigenvalue weighted by molar-refractivity contribution is -0.140. The minimum absolute atomic E-state index is 0.0656. The van der Waals surface area contributed by atoms with Crippen LogP contribution in [-0.2, 0) is 9.53 Å². The van der Waals surface area contributed by atoms with Crippen LogP contribution in [0.5, 0.6) is 5.88 Å². The molecule has 0 aliphatic rings. The Hall–Kier alpha value is -3.15. The molecule has 122 valence electrons. The zero-order chi connectivity index (χ0) is 17.1. The molecule has 0 fully saturated rings. The second kappa shape index (κ2) is 6.54. The van der Waals surface area contributed by atoms with Crippen molar-refractivity contribution >= 4 is 11.6 Å². The minimum Gasteiger partial charge on any atom is -0.493 e. The van der Waals surface area contributed by atoms with Gasteiger partial charge in [0.2, 0.25) is 5.88 Å². The molecule has 0 amide bonds. The lowest BCUT2D eigenvalue weighted by Gasteiger charge is -2.17. The van der Waals surface area contributed by atoms with Crippen molar-refractivity contribution in [1.82, 2.24) is 9.38 Å². The van der Waals surface area contributed by atoms with Crippen LogP contribution in [-0.4, -0.2) is 27.6 Å². The van der Waals surface area contributed by atoms with Crippen LogP contribution in [0.15, 0.2) is 59.5 Å². The van der Waals surface area contributed by atoms with Gasteiger partial charge in [0.25, 0.3) is 5.56 Å². The third-order valence-corrected chi connectivity index (χ3v) is 3.90. The number of carbonyl (C=O) groups is 1. The quantitative estimate of drug-likeness (QED) is 0.743. The van der Waals surface area contributed by atoms with E-state index in [1.54, 1.807) is 36.5 Å². The molecule has 0 aliphatic carbocycles. The van der Waals surface area contributed by atoms with Gasteiger partial charge < -0.3 is 9.84 Å². The molecule has 0 saturated carbocycles. The van der Waals surface area contributed by atoms with Crippen LogP contribution in [0.1, 0.15) is 23.5 Å². The van der Waals surface area contributed by atoms with Crippen LogP contribution in [0.25, 0.3) is 5.65 Å². The fourth-order valence-electron chi connectivity index (χ4n) is 2.72. The Balaban J connectivity index is 2.23. The number of hydrogen-bond donors (Lipinski definition) is 1. The van der Waals surface area contributed by atoms with Crippen molar-refractivity contribution in [1.29, 1.82) is 0 Å². The van der Waals surface area contributed by atoms with Crippen molar-refractivity contribution < 1.29 is 14.6 Å². The van der Waals surface area contributed by atoms with Gasteiger partial charge >= 0.3 is 5.97 Å². The van der Waals surface area contributed by atoms with Crippen LogP contribution in [0.3, 0.4) is 0 Å². The molecular formula is C18H16N2O4. The van der Waals surface area contributed by atoms with Crippen molar-refractivity contribution in [2.24, 2.45) is 0 Å². The molecule has 3 aromatic rings. The molecule has 0 bridgehead atoms. The van der Waals surface area contributed by atoms with Crippen molar-refractivity contribution in [3.05, 3.63) is 76.2 Å². The van der Waals surface area contributed by atoms with E-state index in [1.807, 2.05) is 18.2 Å². The number of fused-ring (bicyclic) bond motifs is 1. The second-order valence-electron chi connectivity index (χ2n) is 5.33. The molecular weight excluding hydrogens is 308 g/mol. The Labute approximate surface area is 138 Å². The van der Waals surface area contributed by atoms with Crippen LogP contribution < -0.4 is 5.56 Å². The Morgan fingerprint density at radius 1 is 1.21 bits per heavy atom. The molecule has 0 aliphatic heterocycles. The maximum Gasteiger partial charge on any atom is 0.306 e. The first-order valence-electron chi connectivity index (χ1n) is 7.44. The molecule has 3 rings (SSSR count). The minimum atomic E-state index is -0.643. The first-order valence-corrected chi connectivity index (χ1v) is 7.44. The largest absolute Gasteiger partial charge is 0.493 e. The highest BCUT2D eigenvalue weighted by molar-refractivity contribution is 5.71. The number of benzene rings is 1. The zero-order valence-corrected chi connectivity index (χ0v) is 13.0. The number of ether oxygens (including phenoxy) is 1. The van der Waals surface area contributed by atoms with E-state index in [4.69, 9.17) is 4.74 Å². The van der Waals surface area contributed by atoms with Crippen molar-refractivity contribution in [2.45, 2.75) is 12.3 Å². The van der Waals surface area contributed by atoms with Crippen LogP contribution in [0.2, 0.25) is 0 Å². The number of hydrogen-bond acceptors (Lipinski definition) is 5. The molecule has 6 nitrogen and oxygen atoms in total. The number of pyridine rings is 1. The number of carbonyl (C=O) groups excluding carboxylic acids is 1. The summed E-state index contributed by atoms with van der Waals surface area (Å²) in [5.74, 6) is -1.49. The molecule has 6 heteroatoms. The van der Waals surface area contributed by atoms with Gasteiger partial charge in [-0.2, -0.15) is 4.98 Å². The standard InChI is InChI=1S/C18H16N2O4/c1-24-15(21)11-13(12-7-3-2-4-8-12)16-17(22)19-14-9-5-6-10-20(14)18(16)23/h2-10,13,22H,11H2,1H3. The molecule has 2 aromatic heterocycles. The molecule has 1 aromatic carbocycles. The van der Waals surface area contributed by atoms with Gasteiger partial charge in [-0.1, -0.05) is 36.4 Å². The van der Waals surface area contributed by atoms with Gasteiger partial charge in [-0.3, -0.25) is 14.0 Å². The Morgan fingerprint density at radius 3 is 2.62 bits per heavy atom. The molecule has 2 heterocycles. The van der Waals surface area contributed by atoms with E-state index >= 15 is 0 Å². The van der Waals surface area contributed by atoms with Gasteiger partial charge in [0.15, 0.2) is 0 Å². The predicted octanol–water partition coefficient (Wildman–Crippen LogP) is 2.10. The normalized spacial score (nSPS) is 12.0. The second-order valence-corrected chi connectivity index (χ2v) is 5.33. The SMILES string of the molecule is COC(=O)CC(c1ccccc1)c1c(O)nc2ccccn2c1=O. The van der Waals surface area contributed by atoms with Gasteiger partial charge in [-0.25, -0.2) is 0 Å². The highest BCUT2D eigenvalue weighted by Gasteiger charge is 2.26. The summed E-state index contributed by atoms with van der Waals surface area (Å²) in [6.45, 7) is 0. The van der Waals surface area contributed by atoms with Crippen LogP contribution in [0.4, 0.5) is 0 Å². The van der Waals surface area contributed by atoms with Gasteiger partial charge in [-0.05, 0) is 17.7 Å². The number of aromatic nitrogens is 2. The monoisotopic (exact) mass is 324 g/mol. The van der Waals surface area contributed by atoms with E-state index in [1.165, 1.54) is 11.5 Å². The number of nitrogens with zero attached hydrogens (tertiary/aromatic N) is 2. The lowest BCUT2D eigenvalue weighted by atomic mass is 9.89. The molecule has 1 atom stereocenters. The smallest absolute Gasteiger partial charge is 0.306 e. The molecule has 24 heavy (non-hydrogen) atoms. The molecule has 0 radical (unpaired) electrons. The average molecular weight is 324 g/mol. The Morgan fingerprint density at radius 2 is 1.92 bits per heavy atom. The summed E-state index contributed by atoms with van der Waals surface area (Å²) < 4.78 is 6.09. The Kier molecular flexibility index (Phi) is 4.29. The van der Waals surface area contributed by atoms with Gasteiger partial charge in [-0.15, -0.1) is 0 Å². The third kappa shape index (κ3) is 2.86. The number of esters is 1. The van der Waals surface area contributed by atoms with E-state index in [9.17, 15) is 14.7 Å². The maximum absolute atomic E-state index is 12.8. The number of aromatic hydroxyl groups is 1. The summed E-state index contributed by atoms with van der Waals surface area (Å²) in [6, 6.07) is 14.1. The molecule has 1 N–H and O–H groups in total. The average Bonchev–Trinajstić information content (AvgIpc) is 2.61. The van der Waals surface area contributed by atoms with E-state index in [2.05, 4.69) is 4.98 Å². The summed E-state index contributed by atoms with van der Waals surface area (Å²) in [7, 11) is 1.29. The first-order chi connectivity index (χ1) is 11.6. The predicted molar refractivity (Wildman–Crippen MR) is 88.0 cm³/mol. The van der Waals surface area contributed by atoms with Crippen molar-refractivity contribution in [3.8, 4) is 5.88 Å². The van der Waals surface area contributed by atoms with Crippen LogP contribution >= 0.6 is 0 Å². The number of methoxy groups -OCH3 is 1. The highest BCUT2D eigenvalue weighted by atomic mass is 16.5. The summed E-state index contributed by atoms with van der Waals surface area (Å²) in [6.07, 6.45) is 1.51. The lowest BCUT2D eigenvalue weighted by Crippen LogP contribution is -2.24. The topological polar surface area (TPSA) is 80.9 Å². The molecule has 1 unspecified atom stereocenters. The summed E-state index contributed by atoms with van der Waals surface area (Å²) >= 11 is 0. The molecule has 0 spiro atoms. The molecule has 0 saturated heterocycles. The van der Waals surface area contributed by atoms with Crippen molar-refractivity contribution in [3.63, 3.8) is 0 Å². The van der Waals surface area contributed by atoms with E-state index < -0.39 is 17.4 Å². The van der Waals surface area contributed by atoms with Gasteiger partial charge in [0, 0.05) is 12.1 Å². The van der Waals surface area contributed by atoms with E-state index in [0.29, 0.717) is 5.65 Å². The highest BCUT2D eigenvalue weighted by Crippen LogP contribution is 2.31. The Bertz CT molecular complexity index is 935. The fourth-order valence-corrected chi connectivity index (χ4v) is 2.72. The first kappa shape index (κ1) is 15.7. The zero-order valence-electron chi connectivity index (χ0n) is 13.0. The van der Waals surface area contributed by atoms with Gasteiger partial charge in [0.05, 0.1) is 19.1 Å². The van der Waals surface area contributed by atoms with E-state index in [-0.39, 0.29) is 17.9 Å². The van der Waals surface area contributed by atoms with E-state index in [0.717, 1.165) is 5.56 Å². The number of rotatable bonds is 4.